The molecule has 0 saturated carbocycles. The van der Waals surface area contributed by atoms with Gasteiger partial charge in [-0.1, -0.05) is 127 Å². The molecule has 0 unspecified atom stereocenters. The van der Waals surface area contributed by atoms with Crippen LogP contribution in [0.25, 0.3) is 65.4 Å². The molecule has 206 valence electrons. The fourth-order valence-corrected chi connectivity index (χ4v) is 6.82. The second kappa shape index (κ2) is 9.86. The minimum absolute atomic E-state index is 0.909. The van der Waals surface area contributed by atoms with Gasteiger partial charge in [-0.2, -0.15) is 0 Å². The Labute approximate surface area is 255 Å². The lowest BCUT2D eigenvalue weighted by atomic mass is 9.95. The second-order valence-electron chi connectivity index (χ2n) is 11.3. The fourth-order valence-electron chi connectivity index (χ4n) is 6.82. The smallest absolute Gasteiger partial charge is 0.143 e. The molecule has 0 saturated heterocycles. The van der Waals surface area contributed by atoms with Gasteiger partial charge in [0.2, 0.25) is 0 Å². The van der Waals surface area contributed by atoms with Crippen molar-refractivity contribution in [2.45, 2.75) is 0 Å². The summed E-state index contributed by atoms with van der Waals surface area (Å²) in [6.45, 7) is 0. The molecular formula is C42H27NO. The normalized spacial score (nSPS) is 11.6. The molecule has 0 aliphatic heterocycles. The minimum Gasteiger partial charge on any atom is -0.455 e. The van der Waals surface area contributed by atoms with Crippen molar-refractivity contribution < 1.29 is 4.42 Å². The molecule has 0 aliphatic rings. The van der Waals surface area contributed by atoms with Crippen molar-refractivity contribution in [1.29, 1.82) is 0 Å². The van der Waals surface area contributed by atoms with Crippen molar-refractivity contribution >= 4 is 71.3 Å². The maximum Gasteiger partial charge on any atom is 0.143 e. The van der Waals surface area contributed by atoms with E-state index in [2.05, 4.69) is 157 Å². The Bertz CT molecular complexity index is 2510. The number of fused-ring (bicyclic) bond motifs is 8. The van der Waals surface area contributed by atoms with E-state index in [1.807, 2.05) is 12.1 Å². The number of para-hydroxylation sites is 3. The Balaban J connectivity index is 1.32. The largest absolute Gasteiger partial charge is 0.455 e. The average molecular weight is 562 g/mol. The van der Waals surface area contributed by atoms with Crippen molar-refractivity contribution in [2.75, 3.05) is 4.90 Å². The highest BCUT2D eigenvalue weighted by Gasteiger charge is 2.19. The van der Waals surface area contributed by atoms with Gasteiger partial charge < -0.3 is 9.32 Å². The molecule has 0 atom stereocenters. The van der Waals surface area contributed by atoms with Crippen LogP contribution in [0.3, 0.4) is 0 Å². The second-order valence-corrected chi connectivity index (χ2v) is 11.3. The van der Waals surface area contributed by atoms with E-state index < -0.39 is 0 Å². The van der Waals surface area contributed by atoms with Gasteiger partial charge in [-0.25, -0.2) is 0 Å². The van der Waals surface area contributed by atoms with Crippen molar-refractivity contribution in [3.8, 4) is 11.1 Å². The molecule has 0 spiro atoms. The predicted molar refractivity (Wildman–Crippen MR) is 186 cm³/mol. The van der Waals surface area contributed by atoms with Gasteiger partial charge in [0.25, 0.3) is 0 Å². The fraction of sp³-hybridized carbons (Fsp3) is 0. The summed E-state index contributed by atoms with van der Waals surface area (Å²) in [7, 11) is 0. The zero-order valence-electron chi connectivity index (χ0n) is 23.9. The van der Waals surface area contributed by atoms with E-state index >= 15 is 0 Å². The van der Waals surface area contributed by atoms with Crippen LogP contribution in [-0.2, 0) is 0 Å². The summed E-state index contributed by atoms with van der Waals surface area (Å²) < 4.78 is 6.44. The first-order valence-corrected chi connectivity index (χ1v) is 15.0. The third-order valence-electron chi connectivity index (χ3n) is 8.82. The summed E-state index contributed by atoms with van der Waals surface area (Å²) in [5.74, 6) is 0. The third-order valence-corrected chi connectivity index (χ3v) is 8.82. The monoisotopic (exact) mass is 561 g/mol. The lowest BCUT2D eigenvalue weighted by Gasteiger charge is -2.28. The highest BCUT2D eigenvalue weighted by Crippen LogP contribution is 2.44. The van der Waals surface area contributed by atoms with Gasteiger partial charge in [-0.15, -0.1) is 0 Å². The van der Waals surface area contributed by atoms with Crippen molar-refractivity contribution in [3.05, 3.63) is 164 Å². The van der Waals surface area contributed by atoms with Gasteiger partial charge in [0.1, 0.15) is 11.2 Å². The molecule has 2 nitrogen and oxygen atoms in total. The van der Waals surface area contributed by atoms with E-state index in [1.165, 1.54) is 32.3 Å². The molecular weight excluding hydrogens is 534 g/mol. The van der Waals surface area contributed by atoms with Crippen LogP contribution in [0.2, 0.25) is 0 Å². The first-order valence-electron chi connectivity index (χ1n) is 15.0. The van der Waals surface area contributed by atoms with Crippen molar-refractivity contribution in [3.63, 3.8) is 0 Å². The van der Waals surface area contributed by atoms with E-state index in [9.17, 15) is 0 Å². The SMILES string of the molecule is c1ccc(N(c2cccc(-c3cccc4c3oc3ccccc34)c2)c2cc3c4ccccc4ccc3c3ccccc23)cc1. The highest BCUT2D eigenvalue weighted by atomic mass is 16.3. The molecule has 2 heteroatoms. The first-order chi connectivity index (χ1) is 21.8. The maximum atomic E-state index is 6.44. The highest BCUT2D eigenvalue weighted by molar-refractivity contribution is 6.21. The van der Waals surface area contributed by atoms with Crippen molar-refractivity contribution in [1.82, 2.24) is 0 Å². The molecule has 0 bridgehead atoms. The average Bonchev–Trinajstić information content (AvgIpc) is 3.48. The molecule has 1 heterocycles. The molecule has 0 radical (unpaired) electrons. The summed E-state index contributed by atoms with van der Waals surface area (Å²) in [6.07, 6.45) is 0. The Morgan fingerprint density at radius 1 is 0.386 bits per heavy atom. The van der Waals surface area contributed by atoms with E-state index in [0.29, 0.717) is 0 Å². The van der Waals surface area contributed by atoms with Crippen LogP contribution in [0.1, 0.15) is 0 Å². The van der Waals surface area contributed by atoms with Crippen LogP contribution in [0.5, 0.6) is 0 Å². The number of rotatable bonds is 4. The molecule has 1 aromatic heterocycles. The molecule has 0 amide bonds. The van der Waals surface area contributed by atoms with Crippen LogP contribution in [0.4, 0.5) is 17.1 Å². The summed E-state index contributed by atoms with van der Waals surface area (Å²) >= 11 is 0. The van der Waals surface area contributed by atoms with Crippen LogP contribution in [0, 0.1) is 0 Å². The number of hydrogen-bond donors (Lipinski definition) is 0. The summed E-state index contributed by atoms with van der Waals surface area (Å²) in [4.78, 5) is 2.39. The van der Waals surface area contributed by atoms with E-state index in [-0.39, 0.29) is 0 Å². The summed E-state index contributed by atoms with van der Waals surface area (Å²) in [5, 5.41) is 9.75. The molecule has 0 fully saturated rings. The molecule has 0 aliphatic carbocycles. The number of anilines is 3. The first kappa shape index (κ1) is 24.7. The van der Waals surface area contributed by atoms with Gasteiger partial charge in [-0.05, 0) is 68.9 Å². The van der Waals surface area contributed by atoms with E-state index in [4.69, 9.17) is 4.42 Å². The van der Waals surface area contributed by atoms with Gasteiger partial charge in [-0.3, -0.25) is 0 Å². The van der Waals surface area contributed by atoms with E-state index in [1.54, 1.807) is 0 Å². The topological polar surface area (TPSA) is 16.4 Å². The number of hydrogen-bond acceptors (Lipinski definition) is 2. The van der Waals surface area contributed by atoms with Gasteiger partial charge in [0.05, 0.1) is 5.69 Å². The maximum absolute atomic E-state index is 6.44. The molecule has 9 rings (SSSR count). The quantitative estimate of drug-likeness (QED) is 0.199. The lowest BCUT2D eigenvalue weighted by molar-refractivity contribution is 0.670. The molecule has 44 heavy (non-hydrogen) atoms. The minimum atomic E-state index is 0.909. The molecule has 0 N–H and O–H groups in total. The van der Waals surface area contributed by atoms with Crippen LogP contribution in [0.15, 0.2) is 168 Å². The predicted octanol–water partition coefficient (Wildman–Crippen LogP) is 12.2. The lowest BCUT2D eigenvalue weighted by Crippen LogP contribution is -2.10. The standard InChI is InChI=1S/C42H27NO/c1-2-14-30(15-3-1)43(40-27-39-32-17-5-4-12-28(32)24-25-35(39)34-18-6-7-19-36(34)40)31-16-10-13-29(26-31)33-21-11-22-38-37-20-8-9-23-41(37)44-42(33)38/h1-27H. The molecule has 9 aromatic rings. The third kappa shape index (κ3) is 3.82. The number of nitrogens with zero attached hydrogens (tertiary/aromatic N) is 1. The van der Waals surface area contributed by atoms with Gasteiger partial charge in [0.15, 0.2) is 0 Å². The Morgan fingerprint density at radius 2 is 1.05 bits per heavy atom. The summed E-state index contributed by atoms with van der Waals surface area (Å²) in [5.41, 5.74) is 7.37. The summed E-state index contributed by atoms with van der Waals surface area (Å²) in [6, 6.07) is 58.5. The van der Waals surface area contributed by atoms with Crippen molar-refractivity contribution in [2.24, 2.45) is 0 Å². The number of benzene rings is 8. The zero-order chi connectivity index (χ0) is 29.0. The Kier molecular flexibility index (Phi) is 5.54. The zero-order valence-corrected chi connectivity index (χ0v) is 23.9. The Hall–Kier alpha value is -5.86. The number of furan rings is 1. The van der Waals surface area contributed by atoms with Gasteiger partial charge >= 0.3 is 0 Å². The van der Waals surface area contributed by atoms with E-state index in [0.717, 1.165) is 50.1 Å². The van der Waals surface area contributed by atoms with Crippen LogP contribution >= 0.6 is 0 Å². The van der Waals surface area contributed by atoms with Crippen LogP contribution in [-0.4, -0.2) is 0 Å². The molecule has 8 aromatic carbocycles. The van der Waals surface area contributed by atoms with Gasteiger partial charge in [0, 0.05) is 33.1 Å². The Morgan fingerprint density at radius 3 is 1.93 bits per heavy atom. The van der Waals surface area contributed by atoms with Crippen LogP contribution < -0.4 is 4.90 Å².